The van der Waals surface area contributed by atoms with Crippen molar-refractivity contribution in [3.8, 4) is 0 Å². The quantitative estimate of drug-likeness (QED) is 0.856. The van der Waals surface area contributed by atoms with Crippen LogP contribution >= 0.6 is 15.9 Å². The van der Waals surface area contributed by atoms with Gasteiger partial charge in [-0.2, -0.15) is 0 Å². The molecule has 0 radical (unpaired) electrons. The predicted molar refractivity (Wildman–Crippen MR) is 67.7 cm³/mol. The van der Waals surface area contributed by atoms with Crippen molar-refractivity contribution in [3.05, 3.63) is 27.5 Å². The summed E-state index contributed by atoms with van der Waals surface area (Å²) in [5.41, 5.74) is 2.45. The molecule has 4 nitrogen and oxygen atoms in total. The Labute approximate surface area is 105 Å². The minimum Gasteiger partial charge on any atom is -0.260 e. The van der Waals surface area contributed by atoms with Gasteiger partial charge in [-0.1, -0.05) is 0 Å². The summed E-state index contributed by atoms with van der Waals surface area (Å²) in [7, 11) is -0.174. The molecule has 0 fully saturated rings. The van der Waals surface area contributed by atoms with E-state index in [4.69, 9.17) is 0 Å². The first-order chi connectivity index (χ1) is 7.25. The lowest BCUT2D eigenvalue weighted by atomic mass is 10.1. The van der Waals surface area contributed by atoms with Crippen molar-refractivity contribution >= 4 is 26.0 Å². The minimum atomic E-state index is -3.24. The van der Waals surface area contributed by atoms with Crippen LogP contribution in [0.2, 0.25) is 0 Å². The van der Waals surface area contributed by atoms with Crippen LogP contribution < -0.4 is 0 Å². The lowest BCUT2D eigenvalue weighted by Gasteiger charge is -2.14. The van der Waals surface area contributed by atoms with E-state index in [9.17, 15) is 8.42 Å². The molecule has 0 N–H and O–H groups in total. The van der Waals surface area contributed by atoms with Gasteiger partial charge in [0.2, 0.25) is 10.0 Å². The van der Waals surface area contributed by atoms with Crippen LogP contribution in [0.4, 0.5) is 0 Å². The predicted octanol–water partition coefficient (Wildman–Crippen LogP) is 1.85. The Morgan fingerprint density at radius 3 is 2.44 bits per heavy atom. The molecule has 0 saturated heterocycles. The normalized spacial score (nSPS) is 12.1. The molecule has 0 spiro atoms. The van der Waals surface area contributed by atoms with Crippen LogP contribution in [0.3, 0.4) is 0 Å². The van der Waals surface area contributed by atoms with Crippen molar-refractivity contribution in [2.24, 2.45) is 0 Å². The maximum absolute atomic E-state index is 11.8. The number of sulfonamides is 1. The molecule has 0 aliphatic carbocycles. The number of nitrogens with zero attached hydrogens (tertiary/aromatic N) is 2. The molecule has 1 heterocycles. The van der Waals surface area contributed by atoms with E-state index >= 15 is 0 Å². The number of halogens is 1. The lowest BCUT2D eigenvalue weighted by molar-refractivity contribution is 0.519. The number of rotatable bonds is 3. The summed E-state index contributed by atoms with van der Waals surface area (Å²) in [4.78, 5) is 4.15. The smallest absolute Gasteiger partial charge is 0.217 e. The zero-order valence-electron chi connectivity index (χ0n) is 9.78. The van der Waals surface area contributed by atoms with Crippen LogP contribution in [0.5, 0.6) is 0 Å². The maximum Gasteiger partial charge on any atom is 0.217 e. The van der Waals surface area contributed by atoms with Gasteiger partial charge >= 0.3 is 0 Å². The molecule has 0 amide bonds. The number of aryl methyl sites for hydroxylation is 1. The second-order valence-corrected chi connectivity index (χ2v) is 6.87. The third-order valence-corrected chi connectivity index (χ3v) is 5.07. The molecule has 1 aromatic rings. The van der Waals surface area contributed by atoms with E-state index in [1.807, 2.05) is 13.8 Å². The zero-order valence-corrected chi connectivity index (χ0v) is 12.2. The van der Waals surface area contributed by atoms with Crippen molar-refractivity contribution in [2.45, 2.75) is 19.6 Å². The van der Waals surface area contributed by atoms with E-state index in [1.54, 1.807) is 6.20 Å². The molecule has 0 aliphatic heterocycles. The van der Waals surface area contributed by atoms with Gasteiger partial charge in [-0.25, -0.2) is 12.7 Å². The number of pyridine rings is 1. The van der Waals surface area contributed by atoms with E-state index in [0.29, 0.717) is 0 Å². The molecule has 16 heavy (non-hydrogen) atoms. The molecule has 0 unspecified atom stereocenters. The van der Waals surface area contributed by atoms with Gasteiger partial charge in [-0.3, -0.25) is 4.98 Å². The van der Waals surface area contributed by atoms with E-state index in [1.165, 1.54) is 18.4 Å². The molecule has 0 atom stereocenters. The molecular formula is C10H15BrN2O2S. The van der Waals surface area contributed by atoms with Gasteiger partial charge in [0.1, 0.15) is 0 Å². The molecule has 0 bridgehead atoms. The number of hydrogen-bond donors (Lipinski definition) is 0. The highest BCUT2D eigenvalue weighted by atomic mass is 79.9. The summed E-state index contributed by atoms with van der Waals surface area (Å²) in [6.45, 7) is 3.71. The van der Waals surface area contributed by atoms with Crippen molar-refractivity contribution < 1.29 is 8.42 Å². The van der Waals surface area contributed by atoms with Crippen LogP contribution in [0.1, 0.15) is 16.8 Å². The fraction of sp³-hybridized carbons (Fsp3) is 0.500. The monoisotopic (exact) mass is 306 g/mol. The Hall–Kier alpha value is -0.460. The van der Waals surface area contributed by atoms with Crippen LogP contribution in [-0.2, 0) is 15.8 Å². The molecule has 1 rings (SSSR count). The highest BCUT2D eigenvalue weighted by Crippen LogP contribution is 2.23. The summed E-state index contributed by atoms with van der Waals surface area (Å²) in [6.07, 6.45) is 1.69. The summed E-state index contributed by atoms with van der Waals surface area (Å²) < 4.78 is 25.7. The third-order valence-electron chi connectivity index (χ3n) is 2.50. The second-order valence-electron chi connectivity index (χ2n) is 3.83. The van der Waals surface area contributed by atoms with Crippen molar-refractivity contribution in [2.75, 3.05) is 14.1 Å². The van der Waals surface area contributed by atoms with Crippen LogP contribution in [0.25, 0.3) is 0 Å². The van der Waals surface area contributed by atoms with E-state index in [-0.39, 0.29) is 5.75 Å². The largest absolute Gasteiger partial charge is 0.260 e. The number of hydrogen-bond acceptors (Lipinski definition) is 3. The molecule has 6 heteroatoms. The first-order valence-corrected chi connectivity index (χ1v) is 7.16. The fourth-order valence-corrected chi connectivity index (χ4v) is 2.66. The summed E-state index contributed by atoms with van der Waals surface area (Å²) in [5, 5.41) is 0. The SMILES string of the molecule is Cc1ncc(Br)c(C)c1CS(=O)(=O)N(C)C. The lowest BCUT2D eigenvalue weighted by Crippen LogP contribution is -2.24. The molecule has 0 aromatic carbocycles. The summed E-state index contributed by atoms with van der Waals surface area (Å²) in [5.74, 6) is -0.00981. The molecule has 90 valence electrons. The van der Waals surface area contributed by atoms with Crippen molar-refractivity contribution in [3.63, 3.8) is 0 Å². The van der Waals surface area contributed by atoms with Crippen molar-refractivity contribution in [1.82, 2.24) is 9.29 Å². The fourth-order valence-electron chi connectivity index (χ4n) is 1.27. The zero-order chi connectivity index (χ0) is 12.5. The van der Waals surface area contributed by atoms with Gasteiger partial charge < -0.3 is 0 Å². The number of aromatic nitrogens is 1. The maximum atomic E-state index is 11.8. The Morgan fingerprint density at radius 2 is 1.94 bits per heavy atom. The van der Waals surface area contributed by atoms with E-state index in [2.05, 4.69) is 20.9 Å². The highest BCUT2D eigenvalue weighted by Gasteiger charge is 2.18. The Balaban J connectivity index is 3.21. The first-order valence-electron chi connectivity index (χ1n) is 4.76. The van der Waals surface area contributed by atoms with E-state index in [0.717, 1.165) is 21.3 Å². The summed E-state index contributed by atoms with van der Waals surface area (Å²) >= 11 is 3.35. The Kier molecular flexibility index (Phi) is 4.09. The van der Waals surface area contributed by atoms with Gasteiger partial charge in [-0.05, 0) is 40.9 Å². The molecule has 1 aromatic heterocycles. The average Bonchev–Trinajstić information content (AvgIpc) is 2.18. The molecule has 0 saturated carbocycles. The Morgan fingerprint density at radius 1 is 1.38 bits per heavy atom. The first kappa shape index (κ1) is 13.6. The highest BCUT2D eigenvalue weighted by molar-refractivity contribution is 9.10. The van der Waals surface area contributed by atoms with E-state index < -0.39 is 10.0 Å². The van der Waals surface area contributed by atoms with Crippen molar-refractivity contribution in [1.29, 1.82) is 0 Å². The standard InChI is InChI=1S/C10H15BrN2O2S/c1-7-9(6-16(14,15)13(3)4)8(2)12-5-10(7)11/h5H,6H2,1-4H3. The van der Waals surface area contributed by atoms with Crippen LogP contribution in [0.15, 0.2) is 10.7 Å². The van der Waals surface area contributed by atoms with Gasteiger partial charge in [0.05, 0.1) is 5.75 Å². The molecule has 0 aliphatic rings. The molecular weight excluding hydrogens is 292 g/mol. The van der Waals surface area contributed by atoms with Gasteiger partial charge in [0.15, 0.2) is 0 Å². The third kappa shape index (κ3) is 2.81. The topological polar surface area (TPSA) is 50.3 Å². The van der Waals surface area contributed by atoms with Gasteiger partial charge in [0, 0.05) is 30.5 Å². The Bertz CT molecular complexity index is 498. The van der Waals surface area contributed by atoms with Gasteiger partial charge in [0.25, 0.3) is 0 Å². The van der Waals surface area contributed by atoms with Gasteiger partial charge in [-0.15, -0.1) is 0 Å². The second kappa shape index (κ2) is 4.81. The van der Waals surface area contributed by atoms with Crippen LogP contribution in [-0.4, -0.2) is 31.8 Å². The minimum absolute atomic E-state index is 0.00981. The average molecular weight is 307 g/mol. The summed E-state index contributed by atoms with van der Waals surface area (Å²) in [6, 6.07) is 0. The van der Waals surface area contributed by atoms with Crippen LogP contribution in [0, 0.1) is 13.8 Å².